The molecule has 0 aliphatic carbocycles. The molecule has 0 aromatic heterocycles. The number of methoxy groups -OCH3 is 1. The molecule has 1 atom stereocenters. The lowest BCUT2D eigenvalue weighted by Gasteiger charge is -2.26. The number of ether oxygens (including phenoxy) is 2. The van der Waals surface area contributed by atoms with Crippen molar-refractivity contribution in [1.29, 1.82) is 0 Å². The van der Waals surface area contributed by atoms with Gasteiger partial charge in [-0.1, -0.05) is 40.7 Å². The molecule has 1 aromatic rings. The minimum Gasteiger partial charge on any atom is -0.497 e. The van der Waals surface area contributed by atoms with E-state index in [-0.39, 0.29) is 6.10 Å². The maximum atomic E-state index is 6.13. The van der Waals surface area contributed by atoms with E-state index in [1.165, 1.54) is 6.42 Å². The lowest BCUT2D eigenvalue weighted by Crippen LogP contribution is -2.25. The molecule has 0 spiro atoms. The SMILES string of the molecule is COc1cccc(OC(CCC(C)(C)C)C(C)C)c1. The van der Waals surface area contributed by atoms with Gasteiger partial charge in [0.25, 0.3) is 0 Å². The summed E-state index contributed by atoms with van der Waals surface area (Å²) in [5.41, 5.74) is 0.352. The molecule has 0 saturated heterocycles. The molecule has 19 heavy (non-hydrogen) atoms. The third-order valence-corrected chi connectivity index (χ3v) is 3.25. The van der Waals surface area contributed by atoms with Crippen LogP contribution in [0.15, 0.2) is 24.3 Å². The summed E-state index contributed by atoms with van der Waals surface area (Å²) in [4.78, 5) is 0. The molecular weight excluding hydrogens is 236 g/mol. The van der Waals surface area contributed by atoms with Gasteiger partial charge in [0.15, 0.2) is 0 Å². The largest absolute Gasteiger partial charge is 0.497 e. The molecule has 0 saturated carbocycles. The average Bonchev–Trinajstić information content (AvgIpc) is 2.33. The minimum absolute atomic E-state index is 0.256. The fraction of sp³-hybridized carbons (Fsp3) is 0.647. The number of rotatable bonds is 6. The fourth-order valence-electron chi connectivity index (χ4n) is 1.95. The third-order valence-electron chi connectivity index (χ3n) is 3.25. The number of benzene rings is 1. The highest BCUT2D eigenvalue weighted by Gasteiger charge is 2.19. The number of hydrogen-bond donors (Lipinski definition) is 0. The second kappa shape index (κ2) is 6.83. The van der Waals surface area contributed by atoms with Crippen LogP contribution in [0.1, 0.15) is 47.5 Å². The Balaban J connectivity index is 2.67. The molecule has 108 valence electrons. The van der Waals surface area contributed by atoms with E-state index in [0.717, 1.165) is 17.9 Å². The Hall–Kier alpha value is -1.18. The van der Waals surface area contributed by atoms with Crippen LogP contribution in [0.5, 0.6) is 11.5 Å². The molecule has 0 aliphatic heterocycles. The fourth-order valence-corrected chi connectivity index (χ4v) is 1.95. The van der Waals surface area contributed by atoms with Crippen LogP contribution in [0.25, 0.3) is 0 Å². The van der Waals surface area contributed by atoms with Gasteiger partial charge in [-0.2, -0.15) is 0 Å². The van der Waals surface area contributed by atoms with E-state index in [4.69, 9.17) is 9.47 Å². The summed E-state index contributed by atoms with van der Waals surface area (Å²) in [7, 11) is 1.68. The Morgan fingerprint density at radius 3 is 2.26 bits per heavy atom. The van der Waals surface area contributed by atoms with Crippen molar-refractivity contribution in [2.45, 2.75) is 53.6 Å². The first-order chi connectivity index (χ1) is 8.81. The molecule has 1 rings (SSSR count). The van der Waals surface area contributed by atoms with Crippen molar-refractivity contribution in [3.8, 4) is 11.5 Å². The monoisotopic (exact) mass is 264 g/mol. The second-order valence-corrected chi connectivity index (χ2v) is 6.68. The molecule has 0 heterocycles. The molecule has 1 unspecified atom stereocenters. The molecular formula is C17H28O2. The Labute approximate surface area is 118 Å². The van der Waals surface area contributed by atoms with Gasteiger partial charge >= 0.3 is 0 Å². The normalized spacial score (nSPS) is 13.4. The molecule has 0 bridgehead atoms. The molecule has 1 aromatic carbocycles. The highest BCUT2D eigenvalue weighted by atomic mass is 16.5. The lowest BCUT2D eigenvalue weighted by molar-refractivity contribution is 0.125. The smallest absolute Gasteiger partial charge is 0.123 e. The van der Waals surface area contributed by atoms with Gasteiger partial charge in [-0.15, -0.1) is 0 Å². The Morgan fingerprint density at radius 1 is 1.11 bits per heavy atom. The zero-order chi connectivity index (χ0) is 14.5. The zero-order valence-electron chi connectivity index (χ0n) is 13.2. The predicted octanol–water partition coefficient (Wildman–Crippen LogP) is 4.92. The van der Waals surface area contributed by atoms with Crippen molar-refractivity contribution in [3.63, 3.8) is 0 Å². The van der Waals surface area contributed by atoms with Crippen LogP contribution < -0.4 is 9.47 Å². The summed E-state index contributed by atoms with van der Waals surface area (Å²) < 4.78 is 11.4. The first kappa shape index (κ1) is 15.9. The molecule has 0 fully saturated rings. The summed E-state index contributed by atoms with van der Waals surface area (Å²) in [6, 6.07) is 7.85. The van der Waals surface area contributed by atoms with Gasteiger partial charge in [0, 0.05) is 6.07 Å². The van der Waals surface area contributed by atoms with Crippen molar-refractivity contribution in [2.75, 3.05) is 7.11 Å². The van der Waals surface area contributed by atoms with Crippen LogP contribution in [0.3, 0.4) is 0 Å². The molecule has 0 aliphatic rings. The predicted molar refractivity (Wildman–Crippen MR) is 80.9 cm³/mol. The summed E-state index contributed by atoms with van der Waals surface area (Å²) >= 11 is 0. The molecule has 0 amide bonds. The van der Waals surface area contributed by atoms with Gasteiger partial charge in [0.05, 0.1) is 7.11 Å². The standard InChI is InChI=1S/C17H28O2/c1-13(2)16(10-11-17(3,4)5)19-15-9-7-8-14(12-15)18-6/h7-9,12-13,16H,10-11H2,1-6H3. The third kappa shape index (κ3) is 6.00. The topological polar surface area (TPSA) is 18.5 Å². The van der Waals surface area contributed by atoms with E-state index in [1.807, 2.05) is 24.3 Å². The molecule has 2 heteroatoms. The lowest BCUT2D eigenvalue weighted by atomic mass is 9.87. The molecule has 0 N–H and O–H groups in total. The van der Waals surface area contributed by atoms with E-state index in [2.05, 4.69) is 34.6 Å². The van der Waals surface area contributed by atoms with Crippen LogP contribution in [0, 0.1) is 11.3 Å². The van der Waals surface area contributed by atoms with Crippen LogP contribution in [0.4, 0.5) is 0 Å². The quantitative estimate of drug-likeness (QED) is 0.725. The van der Waals surface area contributed by atoms with Crippen LogP contribution >= 0.6 is 0 Å². The minimum atomic E-state index is 0.256. The van der Waals surface area contributed by atoms with Crippen molar-refractivity contribution < 1.29 is 9.47 Å². The van der Waals surface area contributed by atoms with Crippen LogP contribution in [-0.4, -0.2) is 13.2 Å². The first-order valence-corrected chi connectivity index (χ1v) is 7.12. The number of hydrogen-bond acceptors (Lipinski definition) is 2. The van der Waals surface area contributed by atoms with Gasteiger partial charge in [-0.25, -0.2) is 0 Å². The van der Waals surface area contributed by atoms with Gasteiger partial charge in [-0.05, 0) is 36.3 Å². The molecule has 0 radical (unpaired) electrons. The Bertz CT molecular complexity index is 377. The highest BCUT2D eigenvalue weighted by Crippen LogP contribution is 2.27. The van der Waals surface area contributed by atoms with Gasteiger partial charge in [0.2, 0.25) is 0 Å². The van der Waals surface area contributed by atoms with Crippen molar-refractivity contribution in [3.05, 3.63) is 24.3 Å². The van der Waals surface area contributed by atoms with Crippen molar-refractivity contribution >= 4 is 0 Å². The van der Waals surface area contributed by atoms with Crippen molar-refractivity contribution in [1.82, 2.24) is 0 Å². The van der Waals surface area contributed by atoms with E-state index >= 15 is 0 Å². The Morgan fingerprint density at radius 2 is 1.74 bits per heavy atom. The van der Waals surface area contributed by atoms with E-state index < -0.39 is 0 Å². The maximum absolute atomic E-state index is 6.13. The zero-order valence-corrected chi connectivity index (χ0v) is 13.2. The summed E-state index contributed by atoms with van der Waals surface area (Å²) in [5, 5.41) is 0. The first-order valence-electron chi connectivity index (χ1n) is 7.12. The summed E-state index contributed by atoms with van der Waals surface area (Å²) in [5.74, 6) is 2.25. The summed E-state index contributed by atoms with van der Waals surface area (Å²) in [6.45, 7) is 11.3. The van der Waals surface area contributed by atoms with E-state index in [0.29, 0.717) is 11.3 Å². The summed E-state index contributed by atoms with van der Waals surface area (Å²) in [6.07, 6.45) is 2.50. The Kier molecular flexibility index (Phi) is 5.71. The maximum Gasteiger partial charge on any atom is 0.123 e. The van der Waals surface area contributed by atoms with Gasteiger partial charge < -0.3 is 9.47 Å². The van der Waals surface area contributed by atoms with Crippen LogP contribution in [-0.2, 0) is 0 Å². The second-order valence-electron chi connectivity index (χ2n) is 6.68. The highest BCUT2D eigenvalue weighted by molar-refractivity contribution is 5.32. The van der Waals surface area contributed by atoms with E-state index in [9.17, 15) is 0 Å². The molecule has 2 nitrogen and oxygen atoms in total. The van der Waals surface area contributed by atoms with Crippen LogP contribution in [0.2, 0.25) is 0 Å². The van der Waals surface area contributed by atoms with Crippen molar-refractivity contribution in [2.24, 2.45) is 11.3 Å². The van der Waals surface area contributed by atoms with Gasteiger partial charge in [-0.3, -0.25) is 0 Å². The van der Waals surface area contributed by atoms with E-state index in [1.54, 1.807) is 7.11 Å². The van der Waals surface area contributed by atoms with Gasteiger partial charge in [0.1, 0.15) is 17.6 Å². The average molecular weight is 264 g/mol.